The second kappa shape index (κ2) is 16.9. The summed E-state index contributed by atoms with van der Waals surface area (Å²) in [5.74, 6) is -1.94. The van der Waals surface area contributed by atoms with E-state index < -0.39 is 149 Å². The summed E-state index contributed by atoms with van der Waals surface area (Å²) in [5.41, 5.74) is 0. The summed E-state index contributed by atoms with van der Waals surface area (Å²) in [7, 11) is 0. The first-order valence-corrected chi connectivity index (χ1v) is 14.0. The van der Waals surface area contributed by atoms with Crippen molar-refractivity contribution in [1.29, 1.82) is 0 Å². The summed E-state index contributed by atoms with van der Waals surface area (Å²) in [5, 5.41) is 150. The van der Waals surface area contributed by atoms with Crippen LogP contribution in [0.4, 0.5) is 0 Å². The third-order valence-corrected chi connectivity index (χ3v) is 7.84. The molecule has 0 saturated carbocycles. The Morgan fingerprint density at radius 3 is 1.43 bits per heavy atom. The van der Waals surface area contributed by atoms with Crippen LogP contribution in [0.15, 0.2) is 0 Å². The third-order valence-electron chi connectivity index (χ3n) is 7.84. The van der Waals surface area contributed by atoms with Crippen LogP contribution in [0.5, 0.6) is 0 Å². The largest absolute Gasteiger partial charge is 0.479 e. The molecule has 19 unspecified atom stereocenters. The predicted molar refractivity (Wildman–Crippen MR) is 137 cm³/mol. The Labute approximate surface area is 259 Å². The van der Waals surface area contributed by atoms with E-state index in [-0.39, 0.29) is 0 Å². The van der Waals surface area contributed by atoms with E-state index in [4.69, 9.17) is 33.5 Å². The van der Waals surface area contributed by atoms with Crippen molar-refractivity contribution in [3.8, 4) is 0 Å². The number of carbonyl (C=O) groups is 1. The van der Waals surface area contributed by atoms with Crippen LogP contribution in [0.2, 0.25) is 0 Å². The number of rotatable bonds is 14. The fraction of sp³-hybridized carbons (Fsp3) is 0.958. The van der Waals surface area contributed by atoms with Gasteiger partial charge in [-0.2, -0.15) is 0 Å². The highest BCUT2D eigenvalue weighted by atomic mass is 16.8. The fourth-order valence-electron chi connectivity index (χ4n) is 5.14. The number of aliphatic hydroxyl groups excluding tert-OH is 14. The van der Waals surface area contributed by atoms with Crippen LogP contribution < -0.4 is 0 Å². The lowest BCUT2D eigenvalue weighted by Gasteiger charge is -2.48. The van der Waals surface area contributed by atoms with Crippen LogP contribution in [0.25, 0.3) is 0 Å². The first-order valence-electron chi connectivity index (χ1n) is 14.0. The predicted octanol–water partition coefficient (Wildman–Crippen LogP) is -10.0. The van der Waals surface area contributed by atoms with Gasteiger partial charge in [-0.3, -0.25) is 0 Å². The number of ether oxygens (including phenoxy) is 6. The van der Waals surface area contributed by atoms with Crippen LogP contribution in [0, 0.1) is 0 Å². The quantitative estimate of drug-likeness (QED) is 0.0808. The molecule has 0 radical (unpaired) electrons. The molecule has 3 aliphatic rings. The van der Waals surface area contributed by atoms with E-state index in [0.717, 1.165) is 0 Å². The minimum absolute atomic E-state index is 0.806. The van der Waals surface area contributed by atoms with E-state index in [9.17, 15) is 76.3 Å². The Bertz CT molecular complexity index is 940. The molecule has 0 aromatic rings. The van der Waals surface area contributed by atoms with Gasteiger partial charge in [0.1, 0.15) is 91.6 Å². The molecular weight excluding hydrogens is 640 g/mol. The molecule has 22 heteroatoms. The van der Waals surface area contributed by atoms with Crippen molar-refractivity contribution in [1.82, 2.24) is 0 Å². The van der Waals surface area contributed by atoms with Crippen molar-refractivity contribution < 1.29 is 110 Å². The minimum Gasteiger partial charge on any atom is -0.479 e. The molecule has 0 bridgehead atoms. The second-order valence-electron chi connectivity index (χ2n) is 10.9. The molecular formula is C24H42O22. The van der Waals surface area contributed by atoms with E-state index in [1.807, 2.05) is 0 Å². The number of carboxylic acid groups (broad SMARTS) is 1. The molecule has 0 aromatic carbocycles. The van der Waals surface area contributed by atoms with Crippen molar-refractivity contribution in [2.24, 2.45) is 0 Å². The van der Waals surface area contributed by atoms with Gasteiger partial charge in [0.05, 0.1) is 26.4 Å². The minimum atomic E-state index is -2.54. The van der Waals surface area contributed by atoms with E-state index in [1.54, 1.807) is 0 Å². The zero-order chi connectivity index (χ0) is 34.6. The first-order chi connectivity index (χ1) is 21.6. The summed E-state index contributed by atoms with van der Waals surface area (Å²) in [6, 6.07) is 0. The third kappa shape index (κ3) is 8.27. The van der Waals surface area contributed by atoms with E-state index >= 15 is 0 Å². The number of hydrogen-bond donors (Lipinski definition) is 15. The zero-order valence-electron chi connectivity index (χ0n) is 23.9. The van der Waals surface area contributed by atoms with Gasteiger partial charge in [-0.25, -0.2) is 4.79 Å². The van der Waals surface area contributed by atoms with E-state index in [2.05, 4.69) is 0 Å². The highest BCUT2D eigenvalue weighted by Crippen LogP contribution is 2.33. The average Bonchev–Trinajstić information content (AvgIpc) is 3.04. The summed E-state index contributed by atoms with van der Waals surface area (Å²) in [6.07, 6.45) is -36.9. The van der Waals surface area contributed by atoms with Gasteiger partial charge in [0.25, 0.3) is 0 Å². The molecule has 0 amide bonds. The molecule has 0 aromatic heterocycles. The van der Waals surface area contributed by atoms with Crippen LogP contribution in [-0.2, 0) is 33.2 Å². The monoisotopic (exact) mass is 682 g/mol. The molecule has 3 rings (SSSR count). The summed E-state index contributed by atoms with van der Waals surface area (Å²) in [4.78, 5) is 11.1. The standard InChI is InChI=1S/C24H42O22/c25-1-5(29)18(11(32)14(35)21(39)40)44-23-16(37)12(33)20(7(3-27)42-23)46-24-17(38)13(34)19(8(4-28)43-24)45-22-15(36)10(31)9(30)6(2-26)41-22/h5-20,22-38H,1-4H2,(H,39,40). The highest BCUT2D eigenvalue weighted by Gasteiger charge is 2.54. The summed E-state index contributed by atoms with van der Waals surface area (Å²) in [6.45, 7) is -3.86. The zero-order valence-corrected chi connectivity index (χ0v) is 23.9. The first kappa shape index (κ1) is 39.1. The molecule has 270 valence electrons. The maximum Gasteiger partial charge on any atom is 0.335 e. The van der Waals surface area contributed by atoms with Crippen LogP contribution in [-0.4, -0.2) is 226 Å². The molecule has 46 heavy (non-hydrogen) atoms. The average molecular weight is 683 g/mol. The number of aliphatic hydroxyl groups is 14. The normalized spacial score (nSPS) is 44.7. The van der Waals surface area contributed by atoms with Gasteiger partial charge in [0.2, 0.25) is 0 Å². The van der Waals surface area contributed by atoms with E-state index in [0.29, 0.717) is 0 Å². The Morgan fingerprint density at radius 2 is 1.00 bits per heavy atom. The Balaban J connectivity index is 1.73. The van der Waals surface area contributed by atoms with Gasteiger partial charge in [-0.1, -0.05) is 0 Å². The molecule has 3 saturated heterocycles. The molecule has 3 aliphatic heterocycles. The van der Waals surface area contributed by atoms with Crippen molar-refractivity contribution in [3.63, 3.8) is 0 Å². The van der Waals surface area contributed by atoms with Gasteiger partial charge in [-0.15, -0.1) is 0 Å². The van der Waals surface area contributed by atoms with Crippen molar-refractivity contribution >= 4 is 5.97 Å². The Morgan fingerprint density at radius 1 is 0.587 bits per heavy atom. The fourth-order valence-corrected chi connectivity index (χ4v) is 5.14. The Kier molecular flexibility index (Phi) is 14.3. The maximum atomic E-state index is 11.1. The topological polar surface area (TPSA) is 376 Å². The SMILES string of the molecule is O=C(O)C(O)C(O)C(OC1OC(CO)C(OC2OC(CO)C(OC3OC(CO)C(O)C(O)C3O)C(O)C2O)C(O)C1O)C(O)CO. The van der Waals surface area contributed by atoms with Crippen LogP contribution in [0.1, 0.15) is 0 Å². The molecule has 19 atom stereocenters. The van der Waals surface area contributed by atoms with Gasteiger partial charge in [0.15, 0.2) is 25.0 Å². The summed E-state index contributed by atoms with van der Waals surface area (Å²) < 4.78 is 32.2. The molecule has 22 nitrogen and oxygen atoms in total. The molecule has 0 aliphatic carbocycles. The van der Waals surface area contributed by atoms with E-state index in [1.165, 1.54) is 0 Å². The second-order valence-corrected chi connectivity index (χ2v) is 10.9. The van der Waals surface area contributed by atoms with Gasteiger partial charge >= 0.3 is 5.97 Å². The van der Waals surface area contributed by atoms with Gasteiger partial charge < -0.3 is 105 Å². The Hall–Kier alpha value is -1.33. The lowest BCUT2D eigenvalue weighted by molar-refractivity contribution is -0.383. The van der Waals surface area contributed by atoms with Gasteiger partial charge in [0, 0.05) is 0 Å². The molecule has 15 N–H and O–H groups in total. The lowest BCUT2D eigenvalue weighted by Crippen LogP contribution is -2.67. The van der Waals surface area contributed by atoms with Crippen LogP contribution in [0.3, 0.4) is 0 Å². The molecule has 0 spiro atoms. The summed E-state index contributed by atoms with van der Waals surface area (Å²) >= 11 is 0. The van der Waals surface area contributed by atoms with Crippen molar-refractivity contribution in [2.45, 2.75) is 117 Å². The number of hydrogen-bond acceptors (Lipinski definition) is 21. The molecule has 3 heterocycles. The number of aliphatic carboxylic acids is 1. The van der Waals surface area contributed by atoms with Crippen molar-refractivity contribution in [3.05, 3.63) is 0 Å². The van der Waals surface area contributed by atoms with Crippen molar-refractivity contribution in [2.75, 3.05) is 26.4 Å². The molecule has 3 fully saturated rings. The van der Waals surface area contributed by atoms with Crippen LogP contribution >= 0.6 is 0 Å². The number of carboxylic acids is 1. The maximum absolute atomic E-state index is 11.1. The lowest BCUT2D eigenvalue weighted by atomic mass is 9.96. The van der Waals surface area contributed by atoms with Gasteiger partial charge in [-0.05, 0) is 0 Å². The smallest absolute Gasteiger partial charge is 0.335 e. The highest BCUT2D eigenvalue weighted by molar-refractivity contribution is 5.72.